The lowest BCUT2D eigenvalue weighted by Gasteiger charge is -2.19. The Hall–Kier alpha value is 0.540. The van der Waals surface area contributed by atoms with E-state index in [1.165, 1.54) is 127 Å². The van der Waals surface area contributed by atoms with Crippen LogP contribution in [0.5, 0.6) is 0 Å². The molecule has 0 aromatic heterocycles. The van der Waals surface area contributed by atoms with Crippen molar-refractivity contribution in [2.75, 3.05) is 24.7 Å². The van der Waals surface area contributed by atoms with Gasteiger partial charge in [-0.1, -0.05) is 146 Å². The minimum Gasteiger partial charge on any atom is -0.346 e. The molecule has 298 valence electrons. The zero-order valence-electron chi connectivity index (χ0n) is 32.1. The summed E-state index contributed by atoms with van der Waals surface area (Å²) in [4.78, 5) is 11.8. The Labute approximate surface area is 344 Å². The van der Waals surface area contributed by atoms with E-state index in [0.29, 0.717) is 13.2 Å². The molecule has 0 radical (unpaired) electrons. The summed E-state index contributed by atoms with van der Waals surface area (Å²) >= 11 is 17.6. The summed E-state index contributed by atoms with van der Waals surface area (Å²) in [5, 5.41) is 2.06. The largest absolute Gasteiger partial charge is 0.346 e. The molecule has 0 fully saturated rings. The van der Waals surface area contributed by atoms with Gasteiger partial charge in [0.1, 0.15) is 0 Å². The SMILES string of the molecule is OP(OCCCCCCCCCCCCS)c1ccccc1CCCCCCc1cccc(S)c1P(OS)OCCCCCCCCCCCCS. The molecule has 0 saturated heterocycles. The number of aryl methyl sites for hydroxylation is 2. The topological polar surface area (TPSA) is 47.9 Å². The summed E-state index contributed by atoms with van der Waals surface area (Å²) in [5.41, 5.74) is 2.48. The fraction of sp³-hybridized carbons (Fsp3) is 0.714. The Morgan fingerprint density at radius 3 is 1.42 bits per heavy atom. The average Bonchev–Trinajstić information content (AvgIpc) is 3.16. The molecule has 52 heavy (non-hydrogen) atoms. The van der Waals surface area contributed by atoms with Crippen LogP contribution in [0.15, 0.2) is 47.4 Å². The molecule has 0 aliphatic rings. The van der Waals surface area contributed by atoms with Gasteiger partial charge in [0, 0.05) is 15.5 Å². The van der Waals surface area contributed by atoms with E-state index in [9.17, 15) is 4.89 Å². The number of hydrogen-bond acceptors (Lipinski definition) is 8. The Kier molecular flexibility index (Phi) is 32.5. The molecule has 2 aromatic carbocycles. The second-order valence-electron chi connectivity index (χ2n) is 14.1. The van der Waals surface area contributed by atoms with Crippen molar-refractivity contribution < 1.29 is 17.9 Å². The van der Waals surface area contributed by atoms with E-state index in [0.717, 1.165) is 78.4 Å². The summed E-state index contributed by atoms with van der Waals surface area (Å²) in [6.45, 7) is 1.33. The van der Waals surface area contributed by atoms with Gasteiger partial charge in [-0.25, -0.2) is 0 Å². The van der Waals surface area contributed by atoms with Crippen molar-refractivity contribution in [1.29, 1.82) is 0 Å². The van der Waals surface area contributed by atoms with Crippen molar-refractivity contribution >= 4 is 78.2 Å². The first-order valence-electron chi connectivity index (χ1n) is 20.6. The van der Waals surface area contributed by atoms with Crippen molar-refractivity contribution in [3.63, 3.8) is 0 Å². The van der Waals surface area contributed by atoms with Crippen LogP contribution in [0.3, 0.4) is 0 Å². The second-order valence-corrected chi connectivity index (χ2v) is 18.7. The Bertz CT molecular complexity index is 1120. The van der Waals surface area contributed by atoms with E-state index in [1.807, 2.05) is 18.2 Å². The van der Waals surface area contributed by atoms with Gasteiger partial charge in [-0.15, -0.1) is 12.6 Å². The van der Waals surface area contributed by atoms with E-state index in [-0.39, 0.29) is 0 Å². The quantitative estimate of drug-likeness (QED) is 0.0205. The molecule has 2 unspecified atom stereocenters. The van der Waals surface area contributed by atoms with Crippen molar-refractivity contribution in [1.82, 2.24) is 0 Å². The van der Waals surface area contributed by atoms with Gasteiger partial charge in [0.05, 0.1) is 13.2 Å². The monoisotopic (exact) mass is 830 g/mol. The number of unbranched alkanes of at least 4 members (excludes halogenated alkanes) is 21. The minimum absolute atomic E-state index is 0.638. The molecule has 4 nitrogen and oxygen atoms in total. The molecule has 0 heterocycles. The van der Waals surface area contributed by atoms with E-state index in [1.54, 1.807) is 0 Å². The zero-order valence-corrected chi connectivity index (χ0v) is 37.5. The van der Waals surface area contributed by atoms with Crippen LogP contribution in [-0.2, 0) is 25.9 Å². The van der Waals surface area contributed by atoms with Crippen LogP contribution in [0, 0.1) is 0 Å². The van der Waals surface area contributed by atoms with E-state index in [2.05, 4.69) is 62.4 Å². The molecular weight excluding hydrogens is 759 g/mol. The average molecular weight is 831 g/mol. The summed E-state index contributed by atoms with van der Waals surface area (Å²) < 4.78 is 17.8. The maximum atomic E-state index is 10.9. The maximum absolute atomic E-state index is 10.9. The standard InChI is InChI=1S/C42H72O4P2S4/c43-47(44-34-23-15-9-5-1-3-7-11-17-25-36-49)40-32-22-21-29-38(40)28-19-13-14-20-30-39-31-27-33-41(51)42(39)48(46-52)45-35-24-16-10-6-2-4-8-12-18-26-37-50/h21-22,27,29,31-33,43,49-52H,1-20,23-26,28,30,34-37H2. The van der Waals surface area contributed by atoms with Crippen LogP contribution >= 0.6 is 67.5 Å². The highest BCUT2D eigenvalue weighted by Crippen LogP contribution is 2.42. The summed E-state index contributed by atoms with van der Waals surface area (Å²) in [5.74, 6) is 2.03. The van der Waals surface area contributed by atoms with Crippen molar-refractivity contribution in [2.45, 2.75) is 172 Å². The smallest absolute Gasteiger partial charge is 0.218 e. The van der Waals surface area contributed by atoms with Gasteiger partial charge in [-0.2, -0.15) is 25.3 Å². The lowest BCUT2D eigenvalue weighted by molar-refractivity contribution is 0.304. The minimum atomic E-state index is -1.56. The first-order valence-corrected chi connectivity index (χ1v) is 25.1. The summed E-state index contributed by atoms with van der Waals surface area (Å²) in [6.07, 6.45) is 32.0. The summed E-state index contributed by atoms with van der Waals surface area (Å²) in [6, 6.07) is 14.6. The highest BCUT2D eigenvalue weighted by molar-refractivity contribution is 7.83. The van der Waals surface area contributed by atoms with E-state index < -0.39 is 16.8 Å². The normalized spacial score (nSPS) is 12.8. The van der Waals surface area contributed by atoms with Gasteiger partial charge in [0.25, 0.3) is 0 Å². The molecule has 0 saturated carbocycles. The van der Waals surface area contributed by atoms with E-state index >= 15 is 0 Å². The van der Waals surface area contributed by atoms with Crippen LogP contribution < -0.4 is 10.6 Å². The zero-order chi connectivity index (χ0) is 37.3. The first kappa shape index (κ1) is 48.7. The van der Waals surface area contributed by atoms with Gasteiger partial charge in [-0.3, -0.25) is 3.97 Å². The first-order chi connectivity index (χ1) is 25.6. The second kappa shape index (κ2) is 34.8. The predicted molar refractivity (Wildman–Crippen MR) is 243 cm³/mol. The number of rotatable bonds is 36. The molecule has 0 bridgehead atoms. The Morgan fingerprint density at radius 2 is 0.904 bits per heavy atom. The summed E-state index contributed by atoms with van der Waals surface area (Å²) in [7, 11) is -2.83. The van der Waals surface area contributed by atoms with E-state index in [4.69, 9.17) is 25.6 Å². The van der Waals surface area contributed by atoms with Crippen LogP contribution in [0.25, 0.3) is 0 Å². The molecule has 0 spiro atoms. The molecular formula is C42H72O4P2S4. The Balaban J connectivity index is 1.62. The highest BCUT2D eigenvalue weighted by atomic mass is 32.1. The predicted octanol–water partition coefficient (Wildman–Crippen LogP) is 13.7. The van der Waals surface area contributed by atoms with Crippen molar-refractivity contribution in [3.8, 4) is 0 Å². The molecule has 1 N–H and O–H groups in total. The third-order valence-electron chi connectivity index (χ3n) is 9.72. The third-order valence-corrected chi connectivity index (χ3v) is 14.1. The fourth-order valence-electron chi connectivity index (χ4n) is 6.64. The molecule has 0 aliphatic carbocycles. The number of hydrogen-bond donors (Lipinski definition) is 5. The van der Waals surface area contributed by atoms with Crippen LogP contribution in [0.2, 0.25) is 0 Å². The van der Waals surface area contributed by atoms with Gasteiger partial charge in [0.15, 0.2) is 0 Å². The fourth-order valence-corrected chi connectivity index (χ4v) is 10.3. The molecule has 10 heteroatoms. The molecule has 0 amide bonds. The van der Waals surface area contributed by atoms with Gasteiger partial charge in [-0.05, 0) is 99.0 Å². The number of thiol groups is 4. The maximum Gasteiger partial charge on any atom is 0.218 e. The molecule has 2 rings (SSSR count). The van der Waals surface area contributed by atoms with Crippen LogP contribution in [-0.4, -0.2) is 29.6 Å². The van der Waals surface area contributed by atoms with Crippen LogP contribution in [0.1, 0.15) is 165 Å². The van der Waals surface area contributed by atoms with Gasteiger partial charge >= 0.3 is 0 Å². The Morgan fingerprint density at radius 1 is 0.481 bits per heavy atom. The lowest BCUT2D eigenvalue weighted by atomic mass is 10.0. The van der Waals surface area contributed by atoms with Crippen molar-refractivity contribution in [2.24, 2.45) is 0 Å². The molecule has 0 aliphatic heterocycles. The van der Waals surface area contributed by atoms with Crippen molar-refractivity contribution in [3.05, 3.63) is 53.6 Å². The highest BCUT2D eigenvalue weighted by Gasteiger charge is 2.20. The number of benzene rings is 2. The van der Waals surface area contributed by atoms with Crippen LogP contribution in [0.4, 0.5) is 0 Å². The third kappa shape index (κ3) is 23.6. The van der Waals surface area contributed by atoms with Gasteiger partial charge in [0.2, 0.25) is 16.8 Å². The van der Waals surface area contributed by atoms with Gasteiger partial charge < -0.3 is 13.9 Å². The lowest BCUT2D eigenvalue weighted by Crippen LogP contribution is -2.13. The molecule has 2 atom stereocenters. The molecule has 2 aromatic rings.